The van der Waals surface area contributed by atoms with Gasteiger partial charge in [0.05, 0.1) is 18.8 Å². The van der Waals surface area contributed by atoms with E-state index in [1.165, 1.54) is 5.56 Å². The summed E-state index contributed by atoms with van der Waals surface area (Å²) in [6, 6.07) is 24.8. The van der Waals surface area contributed by atoms with Gasteiger partial charge >= 0.3 is 7.82 Å². The molecule has 0 spiro atoms. The van der Waals surface area contributed by atoms with Crippen LogP contribution in [0.3, 0.4) is 0 Å². The molecule has 4 rings (SSSR count). The van der Waals surface area contributed by atoms with Gasteiger partial charge in [0.25, 0.3) is 5.91 Å². The molecule has 0 heterocycles. The van der Waals surface area contributed by atoms with Crippen LogP contribution in [-0.2, 0) is 33.0 Å². The van der Waals surface area contributed by atoms with Crippen LogP contribution in [-0.4, -0.2) is 28.4 Å². The summed E-state index contributed by atoms with van der Waals surface area (Å²) in [6.45, 7) is 4.19. The normalized spacial score (nSPS) is 18.4. The minimum absolute atomic E-state index is 0.0507. The second-order valence-corrected chi connectivity index (χ2v) is 10.5. The zero-order chi connectivity index (χ0) is 25.5. The SMILES string of the molecule is CCCCc1ccc(C(=O)N(Cc2ccccc2)[C@@H]2c3ccccc3C[C@@H]2OP(=O)(O)OCC)cc1. The van der Waals surface area contributed by atoms with E-state index in [9.17, 15) is 14.3 Å². The Bertz CT molecular complexity index is 1200. The number of benzene rings is 3. The van der Waals surface area contributed by atoms with Crippen LogP contribution in [0.5, 0.6) is 0 Å². The van der Waals surface area contributed by atoms with Gasteiger partial charge in [-0.1, -0.05) is 80.1 Å². The van der Waals surface area contributed by atoms with Gasteiger partial charge in [0.15, 0.2) is 0 Å². The molecule has 0 aromatic heterocycles. The minimum Gasteiger partial charge on any atom is -0.325 e. The van der Waals surface area contributed by atoms with Crippen LogP contribution in [0.4, 0.5) is 0 Å². The number of carbonyl (C=O) groups is 1. The van der Waals surface area contributed by atoms with Crippen LogP contribution in [0.25, 0.3) is 0 Å². The van der Waals surface area contributed by atoms with Crippen LogP contribution in [0.15, 0.2) is 78.9 Å². The number of fused-ring (bicyclic) bond motifs is 1. The zero-order valence-corrected chi connectivity index (χ0v) is 21.8. The standard InChI is InChI=1S/C29H34NO5P/c1-3-5-11-22-16-18-24(19-17-22)29(31)30(21-23-12-7-6-8-13-23)28-26-15-10-9-14-25(26)20-27(28)35-36(32,33)34-4-2/h6-10,12-19,27-28H,3-5,11,20-21H2,1-2H3,(H,32,33)/t27-,28+/m0/s1. The van der Waals surface area contributed by atoms with Crippen molar-refractivity contribution in [2.75, 3.05) is 6.61 Å². The highest BCUT2D eigenvalue weighted by Gasteiger charge is 2.43. The Balaban J connectivity index is 1.72. The van der Waals surface area contributed by atoms with Crippen LogP contribution < -0.4 is 0 Å². The average Bonchev–Trinajstić information content (AvgIpc) is 3.23. The highest BCUT2D eigenvalue weighted by Crippen LogP contribution is 2.50. The van der Waals surface area contributed by atoms with Crippen molar-refractivity contribution in [3.63, 3.8) is 0 Å². The van der Waals surface area contributed by atoms with Gasteiger partial charge in [-0.05, 0) is 54.2 Å². The summed E-state index contributed by atoms with van der Waals surface area (Å²) in [4.78, 5) is 26.1. The molecular formula is C29H34NO5P. The molecule has 190 valence electrons. The van der Waals surface area contributed by atoms with Gasteiger partial charge in [-0.15, -0.1) is 0 Å². The molecule has 3 aromatic carbocycles. The maximum absolute atomic E-state index is 14.0. The van der Waals surface area contributed by atoms with Crippen molar-refractivity contribution in [3.8, 4) is 0 Å². The lowest BCUT2D eigenvalue weighted by atomic mass is 10.0. The molecule has 1 unspecified atom stereocenters. The molecule has 0 radical (unpaired) electrons. The van der Waals surface area contributed by atoms with Gasteiger partial charge in [-0.3, -0.25) is 13.8 Å². The summed E-state index contributed by atoms with van der Waals surface area (Å²) in [5, 5.41) is 0. The van der Waals surface area contributed by atoms with Crippen LogP contribution >= 0.6 is 7.82 Å². The first-order valence-corrected chi connectivity index (χ1v) is 14.1. The third kappa shape index (κ3) is 6.32. The number of phosphoric ester groups is 1. The molecule has 1 amide bonds. The second-order valence-electron chi connectivity index (χ2n) is 9.10. The molecule has 1 N–H and O–H groups in total. The first kappa shape index (κ1) is 26.3. The van der Waals surface area contributed by atoms with E-state index >= 15 is 0 Å². The summed E-state index contributed by atoms with van der Waals surface area (Å²) < 4.78 is 23.3. The highest BCUT2D eigenvalue weighted by atomic mass is 31.2. The van der Waals surface area contributed by atoms with Crippen molar-refractivity contribution in [2.24, 2.45) is 0 Å². The first-order valence-electron chi connectivity index (χ1n) is 12.6. The molecule has 0 saturated carbocycles. The monoisotopic (exact) mass is 507 g/mol. The van der Waals surface area contributed by atoms with Crippen molar-refractivity contribution in [1.29, 1.82) is 0 Å². The Kier molecular flexibility index (Phi) is 8.76. The summed E-state index contributed by atoms with van der Waals surface area (Å²) >= 11 is 0. The maximum atomic E-state index is 14.0. The fourth-order valence-electron chi connectivity index (χ4n) is 4.80. The number of phosphoric acid groups is 1. The molecule has 3 atom stereocenters. The Morgan fingerprint density at radius 2 is 1.67 bits per heavy atom. The molecule has 3 aromatic rings. The van der Waals surface area contributed by atoms with Gasteiger partial charge < -0.3 is 9.79 Å². The van der Waals surface area contributed by atoms with E-state index in [0.29, 0.717) is 18.5 Å². The van der Waals surface area contributed by atoms with Crippen LogP contribution in [0, 0.1) is 0 Å². The van der Waals surface area contributed by atoms with E-state index in [0.717, 1.165) is 36.0 Å². The van der Waals surface area contributed by atoms with E-state index < -0.39 is 20.0 Å². The van der Waals surface area contributed by atoms with Crippen molar-refractivity contribution in [1.82, 2.24) is 4.90 Å². The Morgan fingerprint density at radius 3 is 2.36 bits per heavy atom. The lowest BCUT2D eigenvalue weighted by molar-refractivity contribution is 0.0314. The first-order chi connectivity index (χ1) is 17.4. The number of carbonyl (C=O) groups excluding carboxylic acids is 1. The minimum atomic E-state index is -4.29. The molecular weight excluding hydrogens is 473 g/mol. The van der Waals surface area contributed by atoms with Crippen molar-refractivity contribution in [3.05, 3.63) is 107 Å². The Hall–Kier alpha value is -2.76. The number of aryl methyl sites for hydroxylation is 1. The maximum Gasteiger partial charge on any atom is 0.472 e. The molecule has 7 heteroatoms. The van der Waals surface area contributed by atoms with E-state index in [1.807, 2.05) is 78.9 Å². The number of unbranched alkanes of at least 4 members (excludes halogenated alkanes) is 1. The Labute approximate surface area is 213 Å². The smallest absolute Gasteiger partial charge is 0.325 e. The number of nitrogens with zero attached hydrogens (tertiary/aromatic N) is 1. The molecule has 0 bridgehead atoms. The average molecular weight is 508 g/mol. The number of hydrogen-bond acceptors (Lipinski definition) is 4. The highest BCUT2D eigenvalue weighted by molar-refractivity contribution is 7.47. The largest absolute Gasteiger partial charge is 0.472 e. The summed E-state index contributed by atoms with van der Waals surface area (Å²) in [7, 11) is -4.29. The lowest BCUT2D eigenvalue weighted by Crippen LogP contribution is -2.39. The molecule has 0 saturated heterocycles. The van der Waals surface area contributed by atoms with Gasteiger partial charge in [-0.2, -0.15) is 0 Å². The molecule has 0 aliphatic heterocycles. The predicted octanol–water partition coefficient (Wildman–Crippen LogP) is 6.49. The topological polar surface area (TPSA) is 76.1 Å². The molecule has 1 aliphatic carbocycles. The van der Waals surface area contributed by atoms with Gasteiger partial charge in [-0.25, -0.2) is 4.57 Å². The Morgan fingerprint density at radius 1 is 0.972 bits per heavy atom. The lowest BCUT2D eigenvalue weighted by Gasteiger charge is -2.34. The van der Waals surface area contributed by atoms with E-state index in [4.69, 9.17) is 9.05 Å². The third-order valence-electron chi connectivity index (χ3n) is 6.52. The third-order valence-corrected chi connectivity index (χ3v) is 7.64. The molecule has 0 fully saturated rings. The van der Waals surface area contributed by atoms with Crippen molar-refractivity contribution in [2.45, 2.75) is 58.2 Å². The number of rotatable bonds is 11. The number of amides is 1. The summed E-state index contributed by atoms with van der Waals surface area (Å²) in [5.41, 5.74) is 4.65. The van der Waals surface area contributed by atoms with Crippen LogP contribution in [0.2, 0.25) is 0 Å². The molecule has 36 heavy (non-hydrogen) atoms. The van der Waals surface area contributed by atoms with Gasteiger partial charge in [0.2, 0.25) is 0 Å². The summed E-state index contributed by atoms with van der Waals surface area (Å²) in [6.07, 6.45) is 2.89. The summed E-state index contributed by atoms with van der Waals surface area (Å²) in [5.74, 6) is -0.152. The fraction of sp³-hybridized carbons (Fsp3) is 0.345. The van der Waals surface area contributed by atoms with Gasteiger partial charge in [0, 0.05) is 18.5 Å². The quantitative estimate of drug-likeness (QED) is 0.300. The molecule has 6 nitrogen and oxygen atoms in total. The predicted molar refractivity (Wildman–Crippen MR) is 141 cm³/mol. The van der Waals surface area contributed by atoms with Crippen molar-refractivity contribution < 1.29 is 23.3 Å². The van der Waals surface area contributed by atoms with Crippen molar-refractivity contribution >= 4 is 13.7 Å². The van der Waals surface area contributed by atoms with E-state index in [-0.39, 0.29) is 12.5 Å². The zero-order valence-electron chi connectivity index (χ0n) is 20.9. The van der Waals surface area contributed by atoms with E-state index in [1.54, 1.807) is 11.8 Å². The number of hydrogen-bond donors (Lipinski definition) is 1. The molecule has 1 aliphatic rings. The van der Waals surface area contributed by atoms with Gasteiger partial charge in [0.1, 0.15) is 0 Å². The van der Waals surface area contributed by atoms with Crippen LogP contribution in [0.1, 0.15) is 65.3 Å². The van der Waals surface area contributed by atoms with E-state index in [2.05, 4.69) is 6.92 Å². The second kappa shape index (κ2) is 12.0. The fourth-order valence-corrected chi connectivity index (χ4v) is 5.72.